The van der Waals surface area contributed by atoms with E-state index in [1.165, 1.54) is 37.1 Å². The molecule has 0 radical (unpaired) electrons. The van der Waals surface area contributed by atoms with Gasteiger partial charge in [-0.25, -0.2) is 0 Å². The monoisotopic (exact) mass is 326 g/mol. The maximum Gasteiger partial charge on any atom is 0.222 e. The molecule has 2 saturated heterocycles. The maximum atomic E-state index is 12.4. The molecule has 1 aromatic rings. The van der Waals surface area contributed by atoms with Crippen LogP contribution < -0.4 is 0 Å². The molecule has 3 heteroatoms. The number of hydrogen-bond acceptors (Lipinski definition) is 2. The van der Waals surface area contributed by atoms with Gasteiger partial charge in [0.25, 0.3) is 0 Å². The van der Waals surface area contributed by atoms with Crippen molar-refractivity contribution in [3.05, 3.63) is 47.5 Å². The van der Waals surface area contributed by atoms with Crippen LogP contribution >= 0.6 is 0 Å². The molecule has 0 bridgehead atoms. The zero-order chi connectivity index (χ0) is 17.0. The second-order valence-electron chi connectivity index (χ2n) is 7.65. The Hall–Kier alpha value is -1.61. The fourth-order valence-electron chi connectivity index (χ4n) is 4.09. The summed E-state index contributed by atoms with van der Waals surface area (Å²) in [5.41, 5.74) is 3.04. The highest BCUT2D eigenvalue weighted by molar-refractivity contribution is 5.77. The summed E-state index contributed by atoms with van der Waals surface area (Å²) in [6.07, 6.45) is 6.46. The Labute approximate surface area is 146 Å². The van der Waals surface area contributed by atoms with Gasteiger partial charge in [-0.05, 0) is 57.2 Å². The normalized spacial score (nSPS) is 22.2. The first-order chi connectivity index (χ1) is 11.6. The lowest BCUT2D eigenvalue weighted by Crippen LogP contribution is -2.51. The van der Waals surface area contributed by atoms with E-state index in [1.54, 1.807) is 0 Å². The third kappa shape index (κ3) is 4.07. The zero-order valence-corrected chi connectivity index (χ0v) is 15.1. The number of piperidine rings is 2. The van der Waals surface area contributed by atoms with E-state index in [1.807, 2.05) is 6.07 Å². The van der Waals surface area contributed by atoms with Gasteiger partial charge in [-0.3, -0.25) is 9.69 Å². The van der Waals surface area contributed by atoms with E-state index in [4.69, 9.17) is 0 Å². The second kappa shape index (κ2) is 7.52. The molecule has 2 aliphatic heterocycles. The minimum Gasteiger partial charge on any atom is -0.338 e. The lowest BCUT2D eigenvalue weighted by atomic mass is 9.72. The fraction of sp³-hybridized carbons (Fsp3) is 0.571. The third-order valence-electron chi connectivity index (χ3n) is 5.85. The van der Waals surface area contributed by atoms with Crippen LogP contribution in [0.5, 0.6) is 0 Å². The Morgan fingerprint density at radius 2 is 1.88 bits per heavy atom. The van der Waals surface area contributed by atoms with Crippen LogP contribution in [0.25, 0.3) is 0 Å². The van der Waals surface area contributed by atoms with Gasteiger partial charge in [-0.2, -0.15) is 0 Å². The van der Waals surface area contributed by atoms with Crippen LogP contribution in [-0.4, -0.2) is 41.9 Å². The van der Waals surface area contributed by atoms with Gasteiger partial charge in [0, 0.05) is 26.1 Å². The summed E-state index contributed by atoms with van der Waals surface area (Å²) >= 11 is 0. The number of rotatable bonds is 4. The Bertz CT molecular complexity index is 585. The lowest BCUT2D eigenvalue weighted by Gasteiger charge is -2.47. The summed E-state index contributed by atoms with van der Waals surface area (Å²) in [6, 6.07) is 10.4. The molecule has 0 N–H and O–H groups in total. The second-order valence-corrected chi connectivity index (χ2v) is 7.65. The van der Waals surface area contributed by atoms with Gasteiger partial charge in [-0.15, -0.1) is 0 Å². The number of amides is 1. The predicted octanol–water partition coefficient (Wildman–Crippen LogP) is 3.86. The number of carbonyl (C=O) groups is 1. The minimum absolute atomic E-state index is 0.330. The highest BCUT2D eigenvalue weighted by atomic mass is 16.2. The molecule has 0 unspecified atom stereocenters. The van der Waals surface area contributed by atoms with E-state index in [2.05, 4.69) is 54.0 Å². The molecule has 24 heavy (non-hydrogen) atoms. The summed E-state index contributed by atoms with van der Waals surface area (Å²) in [6.45, 7) is 9.47. The molecule has 2 heterocycles. The summed E-state index contributed by atoms with van der Waals surface area (Å²) in [5, 5.41) is 0. The van der Waals surface area contributed by atoms with Crippen molar-refractivity contribution in [1.29, 1.82) is 0 Å². The summed E-state index contributed by atoms with van der Waals surface area (Å²) < 4.78 is 0. The first-order valence-electron chi connectivity index (χ1n) is 9.26. The molecule has 0 aromatic heterocycles. The van der Waals surface area contributed by atoms with Crippen molar-refractivity contribution in [2.45, 2.75) is 46.1 Å². The van der Waals surface area contributed by atoms with Gasteiger partial charge in [0.1, 0.15) is 0 Å². The lowest BCUT2D eigenvalue weighted by molar-refractivity contribution is -0.139. The summed E-state index contributed by atoms with van der Waals surface area (Å²) in [4.78, 5) is 17.1. The molecular formula is C21H30N2O. The van der Waals surface area contributed by atoms with Crippen molar-refractivity contribution in [2.24, 2.45) is 5.41 Å². The predicted molar refractivity (Wildman–Crippen MR) is 98.6 cm³/mol. The third-order valence-corrected chi connectivity index (χ3v) is 5.85. The average molecular weight is 326 g/mol. The maximum absolute atomic E-state index is 12.4. The molecule has 0 aliphatic carbocycles. The molecule has 130 valence electrons. The molecule has 2 aliphatic rings. The van der Waals surface area contributed by atoms with E-state index in [0.717, 1.165) is 32.5 Å². The standard InChI is InChI=1S/C21H30N2O/c1-3-18(2)15-22-13-11-21(12-14-22)10-9-20(24)23(17-21)16-19-7-5-4-6-8-19/h3-8H,9-17H2,1-2H3/b18-3+. The highest BCUT2D eigenvalue weighted by Gasteiger charge is 2.40. The SMILES string of the molecule is C/C=C(\C)CN1CCC2(CCC(=O)N(Cc3ccccc3)C2)CC1. The number of hydrogen-bond donors (Lipinski definition) is 0. The number of likely N-dealkylation sites (tertiary alicyclic amines) is 2. The van der Waals surface area contributed by atoms with Crippen LogP contribution in [0.4, 0.5) is 0 Å². The quantitative estimate of drug-likeness (QED) is 0.785. The van der Waals surface area contributed by atoms with Crippen LogP contribution in [0.2, 0.25) is 0 Å². The van der Waals surface area contributed by atoms with Gasteiger partial charge in [0.2, 0.25) is 5.91 Å². The first-order valence-corrected chi connectivity index (χ1v) is 9.26. The summed E-state index contributed by atoms with van der Waals surface area (Å²) in [7, 11) is 0. The topological polar surface area (TPSA) is 23.6 Å². The molecule has 1 spiro atoms. The van der Waals surface area contributed by atoms with Crippen molar-refractivity contribution in [3.8, 4) is 0 Å². The van der Waals surface area contributed by atoms with E-state index >= 15 is 0 Å². The fourth-order valence-corrected chi connectivity index (χ4v) is 4.09. The Balaban J connectivity index is 1.60. The summed E-state index contributed by atoms with van der Waals surface area (Å²) in [5.74, 6) is 0.330. The van der Waals surface area contributed by atoms with Crippen molar-refractivity contribution in [2.75, 3.05) is 26.2 Å². The van der Waals surface area contributed by atoms with Crippen LogP contribution in [0.1, 0.15) is 45.1 Å². The Morgan fingerprint density at radius 3 is 2.54 bits per heavy atom. The first kappa shape index (κ1) is 17.2. The zero-order valence-electron chi connectivity index (χ0n) is 15.1. The number of nitrogens with zero attached hydrogens (tertiary/aromatic N) is 2. The Morgan fingerprint density at radius 1 is 1.17 bits per heavy atom. The van der Waals surface area contributed by atoms with Crippen LogP contribution in [0.3, 0.4) is 0 Å². The van der Waals surface area contributed by atoms with Crippen molar-refractivity contribution < 1.29 is 4.79 Å². The molecule has 0 saturated carbocycles. The van der Waals surface area contributed by atoms with Crippen molar-refractivity contribution in [1.82, 2.24) is 9.80 Å². The van der Waals surface area contributed by atoms with Crippen LogP contribution in [-0.2, 0) is 11.3 Å². The average Bonchev–Trinajstić information content (AvgIpc) is 2.61. The van der Waals surface area contributed by atoms with Gasteiger partial charge in [0.15, 0.2) is 0 Å². The highest BCUT2D eigenvalue weighted by Crippen LogP contribution is 2.40. The molecule has 2 fully saturated rings. The Kier molecular flexibility index (Phi) is 5.40. The van der Waals surface area contributed by atoms with Gasteiger partial charge in [-0.1, -0.05) is 42.0 Å². The smallest absolute Gasteiger partial charge is 0.222 e. The molecule has 1 aromatic carbocycles. The van der Waals surface area contributed by atoms with E-state index in [9.17, 15) is 4.79 Å². The van der Waals surface area contributed by atoms with E-state index < -0.39 is 0 Å². The van der Waals surface area contributed by atoms with E-state index in [-0.39, 0.29) is 0 Å². The van der Waals surface area contributed by atoms with Gasteiger partial charge < -0.3 is 4.90 Å². The van der Waals surface area contributed by atoms with E-state index in [0.29, 0.717) is 11.3 Å². The molecule has 3 nitrogen and oxygen atoms in total. The number of benzene rings is 1. The van der Waals surface area contributed by atoms with Crippen LogP contribution in [0.15, 0.2) is 42.0 Å². The van der Waals surface area contributed by atoms with Gasteiger partial charge in [0.05, 0.1) is 0 Å². The largest absolute Gasteiger partial charge is 0.338 e. The van der Waals surface area contributed by atoms with Crippen molar-refractivity contribution >= 4 is 5.91 Å². The molecule has 3 rings (SSSR count). The van der Waals surface area contributed by atoms with Gasteiger partial charge >= 0.3 is 0 Å². The van der Waals surface area contributed by atoms with Crippen molar-refractivity contribution in [3.63, 3.8) is 0 Å². The van der Waals surface area contributed by atoms with Crippen LogP contribution in [0, 0.1) is 5.41 Å². The molecular weight excluding hydrogens is 296 g/mol. The number of carbonyl (C=O) groups excluding carboxylic acids is 1. The molecule has 1 amide bonds. The molecule has 0 atom stereocenters. The minimum atomic E-state index is 0.330. The number of allylic oxidation sites excluding steroid dienone is 1.